The highest BCUT2D eigenvalue weighted by molar-refractivity contribution is 5.68. The number of carbonyl (C=O) groups is 1. The molecule has 0 bridgehead atoms. The zero-order chi connectivity index (χ0) is 20.7. The summed E-state index contributed by atoms with van der Waals surface area (Å²) in [4.78, 5) is 16.5. The summed E-state index contributed by atoms with van der Waals surface area (Å²) in [5.74, 6) is 1.42. The molecular weight excluding hydrogens is 368 g/mol. The Labute approximate surface area is 175 Å². The minimum absolute atomic E-state index is 0.194. The zero-order valence-electron chi connectivity index (χ0n) is 18.2. The van der Waals surface area contributed by atoms with E-state index < -0.39 is 5.60 Å². The van der Waals surface area contributed by atoms with E-state index in [0.29, 0.717) is 5.92 Å². The first-order chi connectivity index (χ1) is 13.9. The zero-order valence-corrected chi connectivity index (χ0v) is 18.2. The lowest BCUT2D eigenvalue weighted by molar-refractivity contribution is 0.0288. The summed E-state index contributed by atoms with van der Waals surface area (Å²) in [6.07, 6.45) is 2.85. The fourth-order valence-corrected chi connectivity index (χ4v) is 3.85. The molecular formula is C23H36N2O4. The van der Waals surface area contributed by atoms with E-state index in [2.05, 4.69) is 29.2 Å². The van der Waals surface area contributed by atoms with Crippen molar-refractivity contribution in [3.8, 4) is 5.75 Å². The van der Waals surface area contributed by atoms with Crippen LogP contribution in [0.4, 0.5) is 4.79 Å². The maximum Gasteiger partial charge on any atom is 0.410 e. The molecule has 3 rings (SSSR count). The molecule has 0 spiro atoms. The Kier molecular flexibility index (Phi) is 7.78. The maximum absolute atomic E-state index is 12.2. The van der Waals surface area contributed by atoms with Crippen LogP contribution in [0.5, 0.6) is 5.75 Å². The second kappa shape index (κ2) is 10.3. The first-order valence-corrected chi connectivity index (χ1v) is 10.9. The van der Waals surface area contributed by atoms with Crippen molar-refractivity contribution in [3.05, 3.63) is 29.8 Å². The molecule has 1 aromatic rings. The minimum atomic E-state index is -0.437. The van der Waals surface area contributed by atoms with Crippen molar-refractivity contribution in [1.82, 2.24) is 9.80 Å². The van der Waals surface area contributed by atoms with Gasteiger partial charge in [0, 0.05) is 32.7 Å². The summed E-state index contributed by atoms with van der Waals surface area (Å²) >= 11 is 0. The molecule has 0 aromatic heterocycles. The molecule has 6 nitrogen and oxygen atoms in total. The van der Waals surface area contributed by atoms with Gasteiger partial charge in [-0.25, -0.2) is 4.79 Å². The summed E-state index contributed by atoms with van der Waals surface area (Å²) in [5, 5.41) is 0. The summed E-state index contributed by atoms with van der Waals surface area (Å²) in [5.41, 5.74) is 0.856. The lowest BCUT2D eigenvalue weighted by Crippen LogP contribution is -2.37. The first-order valence-electron chi connectivity index (χ1n) is 10.9. The van der Waals surface area contributed by atoms with Crippen LogP contribution in [-0.2, 0) is 15.9 Å². The Bertz CT molecular complexity index is 635. The Morgan fingerprint density at radius 1 is 1.14 bits per heavy atom. The number of amides is 1. The predicted molar refractivity (Wildman–Crippen MR) is 113 cm³/mol. The number of ether oxygens (including phenoxy) is 3. The molecule has 1 amide bonds. The topological polar surface area (TPSA) is 51.2 Å². The summed E-state index contributed by atoms with van der Waals surface area (Å²) in [7, 11) is 0. The van der Waals surface area contributed by atoms with Gasteiger partial charge < -0.3 is 19.1 Å². The number of benzene rings is 1. The highest BCUT2D eigenvalue weighted by Crippen LogP contribution is 2.24. The van der Waals surface area contributed by atoms with Gasteiger partial charge in [0.05, 0.1) is 19.8 Å². The van der Waals surface area contributed by atoms with Crippen molar-refractivity contribution >= 4 is 6.09 Å². The molecule has 0 aliphatic carbocycles. The van der Waals surface area contributed by atoms with E-state index in [1.54, 1.807) is 0 Å². The van der Waals surface area contributed by atoms with Gasteiger partial charge in [0.1, 0.15) is 11.4 Å². The molecule has 2 aliphatic heterocycles. The predicted octanol–water partition coefficient (Wildman–Crippen LogP) is 3.59. The monoisotopic (exact) mass is 404 g/mol. The second-order valence-corrected chi connectivity index (χ2v) is 9.09. The van der Waals surface area contributed by atoms with E-state index in [4.69, 9.17) is 14.2 Å². The summed E-state index contributed by atoms with van der Waals surface area (Å²) in [6, 6.07) is 8.41. The minimum Gasteiger partial charge on any atom is -0.494 e. The molecule has 29 heavy (non-hydrogen) atoms. The van der Waals surface area contributed by atoms with Crippen LogP contribution in [0.2, 0.25) is 0 Å². The maximum atomic E-state index is 12.2. The van der Waals surface area contributed by atoms with Crippen LogP contribution in [0.3, 0.4) is 0 Å². The molecule has 1 atom stereocenters. The van der Waals surface area contributed by atoms with Gasteiger partial charge in [0.2, 0.25) is 0 Å². The summed E-state index contributed by atoms with van der Waals surface area (Å²) < 4.78 is 16.7. The second-order valence-electron chi connectivity index (χ2n) is 9.09. The van der Waals surface area contributed by atoms with Gasteiger partial charge in [-0.1, -0.05) is 12.1 Å². The molecule has 6 heteroatoms. The fourth-order valence-electron chi connectivity index (χ4n) is 3.85. The molecule has 0 saturated carbocycles. The molecule has 162 valence electrons. The van der Waals surface area contributed by atoms with Crippen molar-refractivity contribution in [2.45, 2.75) is 45.6 Å². The number of carbonyl (C=O) groups excluding carboxylic acids is 1. The van der Waals surface area contributed by atoms with Crippen molar-refractivity contribution in [2.24, 2.45) is 5.92 Å². The van der Waals surface area contributed by atoms with Crippen LogP contribution in [0.15, 0.2) is 24.3 Å². The smallest absolute Gasteiger partial charge is 0.410 e. The number of hydrogen-bond acceptors (Lipinski definition) is 5. The van der Waals surface area contributed by atoms with Gasteiger partial charge in [-0.15, -0.1) is 0 Å². The van der Waals surface area contributed by atoms with Crippen LogP contribution < -0.4 is 4.74 Å². The first kappa shape index (κ1) is 21.9. The molecule has 2 aliphatic rings. The van der Waals surface area contributed by atoms with Gasteiger partial charge in [0.15, 0.2) is 0 Å². The third kappa shape index (κ3) is 7.52. The molecule has 0 N–H and O–H groups in total. The number of nitrogens with zero attached hydrogens (tertiary/aromatic N) is 2. The number of likely N-dealkylation sites (tertiary alicyclic amines) is 1. The number of morpholine rings is 1. The largest absolute Gasteiger partial charge is 0.494 e. The van der Waals surface area contributed by atoms with Crippen LogP contribution in [0.25, 0.3) is 0 Å². The van der Waals surface area contributed by atoms with Crippen molar-refractivity contribution in [2.75, 3.05) is 52.5 Å². The quantitative estimate of drug-likeness (QED) is 0.650. The molecule has 2 fully saturated rings. The Hall–Kier alpha value is -1.79. The number of rotatable bonds is 7. The van der Waals surface area contributed by atoms with E-state index in [1.807, 2.05) is 25.7 Å². The number of hydrogen-bond donors (Lipinski definition) is 0. The van der Waals surface area contributed by atoms with E-state index in [-0.39, 0.29) is 6.09 Å². The van der Waals surface area contributed by atoms with Crippen molar-refractivity contribution < 1.29 is 19.0 Å². The van der Waals surface area contributed by atoms with Crippen LogP contribution in [0.1, 0.15) is 39.2 Å². The van der Waals surface area contributed by atoms with E-state index in [1.165, 1.54) is 5.56 Å². The Morgan fingerprint density at radius 3 is 2.55 bits per heavy atom. The highest BCUT2D eigenvalue weighted by Gasteiger charge is 2.29. The van der Waals surface area contributed by atoms with Crippen LogP contribution in [-0.4, -0.2) is 74.0 Å². The molecule has 0 radical (unpaired) electrons. The Balaban J connectivity index is 1.35. The lowest BCUT2D eigenvalue weighted by atomic mass is 9.99. The Morgan fingerprint density at radius 2 is 1.86 bits per heavy atom. The van der Waals surface area contributed by atoms with Crippen molar-refractivity contribution in [3.63, 3.8) is 0 Å². The van der Waals surface area contributed by atoms with Gasteiger partial charge in [-0.2, -0.15) is 0 Å². The summed E-state index contributed by atoms with van der Waals surface area (Å²) in [6.45, 7) is 12.8. The average Bonchev–Trinajstić information content (AvgIpc) is 3.15. The highest BCUT2D eigenvalue weighted by atomic mass is 16.6. The van der Waals surface area contributed by atoms with Gasteiger partial charge in [-0.05, 0) is 63.6 Å². The van der Waals surface area contributed by atoms with Gasteiger partial charge in [-0.3, -0.25) is 4.90 Å². The van der Waals surface area contributed by atoms with Gasteiger partial charge in [0.25, 0.3) is 0 Å². The lowest BCUT2D eigenvalue weighted by Gasteiger charge is -2.26. The average molecular weight is 405 g/mol. The molecule has 2 saturated heterocycles. The molecule has 2 heterocycles. The van der Waals surface area contributed by atoms with Gasteiger partial charge >= 0.3 is 6.09 Å². The van der Waals surface area contributed by atoms with Crippen LogP contribution >= 0.6 is 0 Å². The van der Waals surface area contributed by atoms with E-state index in [0.717, 1.165) is 77.6 Å². The molecule has 1 aromatic carbocycles. The molecule has 1 unspecified atom stereocenters. The van der Waals surface area contributed by atoms with Crippen molar-refractivity contribution in [1.29, 1.82) is 0 Å². The fraction of sp³-hybridized carbons (Fsp3) is 0.696. The normalized spacial score (nSPS) is 20.7. The van der Waals surface area contributed by atoms with E-state index >= 15 is 0 Å². The SMILES string of the molecule is CC(C)(C)OC(=O)N1CCC(Cc2ccc(OCCCN3CCOCC3)cc2)C1. The van der Waals surface area contributed by atoms with E-state index in [9.17, 15) is 4.79 Å². The van der Waals surface area contributed by atoms with Crippen LogP contribution in [0, 0.1) is 5.92 Å². The third-order valence-electron chi connectivity index (χ3n) is 5.38. The third-order valence-corrected chi connectivity index (χ3v) is 5.38. The standard InChI is InChI=1S/C23H36N2O4/c1-23(2,3)29-22(26)25-11-9-20(18-25)17-19-5-7-21(8-6-19)28-14-4-10-24-12-15-27-16-13-24/h5-8,20H,4,9-18H2,1-3H3.